The number of hydrogen-bond acceptors (Lipinski definition) is 11. The number of Topliss-reactive ketones (excluding diaryl/α,β-unsaturated/α-hetero) is 2. The molecule has 4 atom stereocenters. The fourth-order valence-corrected chi connectivity index (χ4v) is 6.11. The van der Waals surface area contributed by atoms with Crippen LogP contribution < -0.4 is 15.2 Å². The van der Waals surface area contributed by atoms with E-state index in [0.717, 1.165) is 12.5 Å². The van der Waals surface area contributed by atoms with Crippen LogP contribution in [0.3, 0.4) is 0 Å². The molecule has 1 aromatic heterocycles. The lowest BCUT2D eigenvalue weighted by molar-refractivity contribution is -0.274. The van der Waals surface area contributed by atoms with Gasteiger partial charge in [-0.05, 0) is 44.4 Å². The molecule has 0 saturated carbocycles. The van der Waals surface area contributed by atoms with Gasteiger partial charge in [-0.15, -0.1) is 13.2 Å². The van der Waals surface area contributed by atoms with E-state index in [9.17, 15) is 38.1 Å². The number of phenolic OH excluding ortho intramolecular Hbond substituents is 1. The number of anilines is 1. The highest BCUT2D eigenvalue weighted by Crippen LogP contribution is 2.57. The molecule has 0 unspecified atom stereocenters. The van der Waals surface area contributed by atoms with Crippen molar-refractivity contribution in [2.75, 3.05) is 26.4 Å². The van der Waals surface area contributed by atoms with Crippen molar-refractivity contribution >= 4 is 17.3 Å². The molecular weight excluding hydrogens is 539 g/mol. The molecule has 216 valence electrons. The van der Waals surface area contributed by atoms with Crippen molar-refractivity contribution < 1.29 is 52.1 Å². The van der Waals surface area contributed by atoms with Crippen molar-refractivity contribution in [3.05, 3.63) is 39.8 Å². The number of carbonyl (C=O) groups is 2. The second kappa shape index (κ2) is 9.41. The first-order chi connectivity index (χ1) is 18.7. The number of aliphatic hydroxyl groups is 2. The van der Waals surface area contributed by atoms with Crippen molar-refractivity contribution in [1.29, 1.82) is 0 Å². The van der Waals surface area contributed by atoms with Crippen LogP contribution in [0.1, 0.15) is 64.3 Å². The summed E-state index contributed by atoms with van der Waals surface area (Å²) in [6, 6.07) is -0.0596. The number of benzene rings is 1. The first-order valence-electron chi connectivity index (χ1n) is 12.7. The number of rotatable bonds is 6. The maximum Gasteiger partial charge on any atom is 0.573 e. The first kappa shape index (κ1) is 27.8. The zero-order chi connectivity index (χ0) is 29.3. The van der Waals surface area contributed by atoms with Crippen molar-refractivity contribution in [2.24, 2.45) is 11.8 Å². The zero-order valence-electron chi connectivity index (χ0n) is 21.8. The predicted octanol–water partition coefficient (Wildman–Crippen LogP) is 3.46. The summed E-state index contributed by atoms with van der Waals surface area (Å²) in [5.41, 5.74) is 1.09. The van der Waals surface area contributed by atoms with Gasteiger partial charge in [0.05, 0.1) is 23.9 Å². The molecule has 3 aliphatic carbocycles. The third-order valence-corrected chi connectivity index (χ3v) is 7.85. The molecule has 11 nitrogen and oxygen atoms in total. The van der Waals surface area contributed by atoms with Crippen LogP contribution in [0.25, 0.3) is 0 Å². The van der Waals surface area contributed by atoms with Crippen LogP contribution in [0, 0.1) is 11.8 Å². The minimum Gasteiger partial charge on any atom is -0.508 e. The smallest absolute Gasteiger partial charge is 0.508 e. The van der Waals surface area contributed by atoms with E-state index in [2.05, 4.69) is 9.89 Å². The molecule has 5 rings (SSSR count). The van der Waals surface area contributed by atoms with E-state index in [4.69, 9.17) is 15.0 Å². The maximum absolute atomic E-state index is 13.9. The van der Waals surface area contributed by atoms with Crippen molar-refractivity contribution in [2.45, 2.75) is 50.6 Å². The van der Waals surface area contributed by atoms with E-state index in [0.29, 0.717) is 6.42 Å². The normalized spacial score (nSPS) is 25.9. The van der Waals surface area contributed by atoms with Gasteiger partial charge in [-0.2, -0.15) is 0 Å². The summed E-state index contributed by atoms with van der Waals surface area (Å²) in [7, 11) is 3.30. The number of nitrogens with two attached hydrogens (primary N) is 1. The molecule has 0 bridgehead atoms. The molecule has 0 fully saturated rings. The predicted molar refractivity (Wildman–Crippen MR) is 131 cm³/mol. The molecule has 1 heterocycles. The van der Waals surface area contributed by atoms with E-state index in [1.165, 1.54) is 0 Å². The zero-order valence-corrected chi connectivity index (χ0v) is 21.8. The summed E-state index contributed by atoms with van der Waals surface area (Å²) in [5, 5.41) is 37.8. The summed E-state index contributed by atoms with van der Waals surface area (Å²) in [5.74, 6) is -6.66. The summed E-state index contributed by atoms with van der Waals surface area (Å²) < 4.78 is 54.7. The number of ether oxygens (including phenoxy) is 2. The Bertz CT molecular complexity index is 1430. The molecule has 0 aliphatic heterocycles. The number of carbonyl (C=O) groups excluding carboxylic acids is 2. The van der Waals surface area contributed by atoms with Gasteiger partial charge >= 0.3 is 6.36 Å². The molecule has 0 radical (unpaired) electrons. The van der Waals surface area contributed by atoms with Gasteiger partial charge in [-0.1, -0.05) is 13.3 Å². The van der Waals surface area contributed by atoms with Gasteiger partial charge in [0.15, 0.2) is 17.1 Å². The van der Waals surface area contributed by atoms with Crippen LogP contribution in [-0.4, -0.2) is 69.6 Å². The van der Waals surface area contributed by atoms with Crippen molar-refractivity contribution in [1.82, 2.24) is 10.1 Å². The Morgan fingerprint density at radius 2 is 1.95 bits per heavy atom. The number of ketones is 2. The molecule has 0 saturated heterocycles. The number of nitrogens with zero attached hydrogens (tertiary/aromatic N) is 2. The summed E-state index contributed by atoms with van der Waals surface area (Å²) in [6.45, 7) is 2.15. The second-order valence-corrected chi connectivity index (χ2v) is 10.5. The third kappa shape index (κ3) is 4.00. The maximum atomic E-state index is 13.9. The monoisotopic (exact) mass is 567 g/mol. The number of allylic oxidation sites excluding steroid dienone is 1. The van der Waals surface area contributed by atoms with Gasteiger partial charge in [0.25, 0.3) is 5.88 Å². The fraction of sp³-hybridized carbons (Fsp3) is 0.500. The van der Waals surface area contributed by atoms with E-state index in [1.807, 2.05) is 6.92 Å². The number of alkyl halides is 3. The molecule has 0 amide bonds. The van der Waals surface area contributed by atoms with Gasteiger partial charge < -0.3 is 35.1 Å². The van der Waals surface area contributed by atoms with E-state index in [1.54, 1.807) is 19.0 Å². The standard InChI is InChI=1S/C26H28F3N3O8/c1-4-5-6-38-24-17-21(40-31-24)18(32(2)3)12-8-10-7-11-14(39-26(27,28)29)9-13(30)19(33)16(11)20(34)15(10)22(35)25(12,37)23(17)36/h9-10,12,18,33,35,37H,4-8,30H2,1-3H3/t10-,12-,18-,25-/m0/s1. The molecule has 2 aromatic rings. The lowest BCUT2D eigenvalue weighted by Crippen LogP contribution is -2.59. The largest absolute Gasteiger partial charge is 0.573 e. The van der Waals surface area contributed by atoms with Crippen LogP contribution in [0.2, 0.25) is 0 Å². The Hall–Kier alpha value is -3.78. The van der Waals surface area contributed by atoms with Crippen LogP contribution in [0.15, 0.2) is 21.9 Å². The highest BCUT2D eigenvalue weighted by molar-refractivity contribution is 6.16. The van der Waals surface area contributed by atoms with Crippen LogP contribution in [0.4, 0.5) is 18.9 Å². The third-order valence-electron chi connectivity index (χ3n) is 7.85. The van der Waals surface area contributed by atoms with Gasteiger partial charge in [-0.25, -0.2) is 0 Å². The van der Waals surface area contributed by atoms with E-state index >= 15 is 0 Å². The van der Waals surface area contributed by atoms with Crippen LogP contribution in [-0.2, 0) is 6.42 Å². The van der Waals surface area contributed by atoms with E-state index in [-0.39, 0.29) is 42.2 Å². The number of nitrogen functional groups attached to an aromatic ring is 1. The Labute approximate surface area is 225 Å². The number of halogens is 3. The van der Waals surface area contributed by atoms with Crippen molar-refractivity contribution in [3.8, 4) is 17.4 Å². The van der Waals surface area contributed by atoms with E-state index < -0.39 is 75.5 Å². The molecule has 1 aromatic carbocycles. The van der Waals surface area contributed by atoms with Crippen LogP contribution >= 0.6 is 0 Å². The summed E-state index contributed by atoms with van der Waals surface area (Å²) >= 11 is 0. The SMILES string of the molecule is CCCCOc1noc2c1C(=O)[C@@]1(O)C(O)=C3C(=O)c4c(O)c(N)cc(OC(F)(F)F)c4C[C@H]3C[C@H]1[C@@H]2N(C)C. The quantitative estimate of drug-likeness (QED) is 0.229. The highest BCUT2D eigenvalue weighted by Gasteiger charge is 2.64. The lowest BCUT2D eigenvalue weighted by Gasteiger charge is -2.49. The van der Waals surface area contributed by atoms with Gasteiger partial charge in [0.1, 0.15) is 22.8 Å². The van der Waals surface area contributed by atoms with Gasteiger partial charge in [0, 0.05) is 23.1 Å². The number of aromatic hydroxyl groups is 1. The summed E-state index contributed by atoms with van der Waals surface area (Å²) in [4.78, 5) is 29.2. The first-order valence-corrected chi connectivity index (χ1v) is 12.7. The topological polar surface area (TPSA) is 169 Å². The number of hydrogen-bond donors (Lipinski definition) is 4. The Balaban J connectivity index is 1.68. The molecule has 14 heteroatoms. The second-order valence-electron chi connectivity index (χ2n) is 10.5. The fourth-order valence-electron chi connectivity index (χ4n) is 6.11. The van der Waals surface area contributed by atoms with Crippen LogP contribution in [0.5, 0.6) is 17.4 Å². The average Bonchev–Trinajstić information content (AvgIpc) is 3.27. The Morgan fingerprint density at radius 3 is 2.58 bits per heavy atom. The lowest BCUT2D eigenvalue weighted by atomic mass is 9.58. The Morgan fingerprint density at radius 1 is 1.25 bits per heavy atom. The number of phenols is 1. The van der Waals surface area contributed by atoms with Gasteiger partial charge in [-0.3, -0.25) is 14.5 Å². The average molecular weight is 568 g/mol. The molecule has 5 N–H and O–H groups in total. The minimum atomic E-state index is -5.11. The number of aromatic nitrogens is 1. The van der Waals surface area contributed by atoms with Crippen molar-refractivity contribution in [3.63, 3.8) is 0 Å². The summed E-state index contributed by atoms with van der Waals surface area (Å²) in [6.07, 6.45) is -4.06. The highest BCUT2D eigenvalue weighted by atomic mass is 19.4. The number of fused-ring (bicyclic) bond motifs is 4. The number of unbranched alkanes of at least 4 members (excludes halogenated alkanes) is 1. The molecular formula is C26H28F3N3O8. The number of aliphatic hydroxyl groups excluding tert-OH is 1. The molecule has 40 heavy (non-hydrogen) atoms. The molecule has 0 spiro atoms. The minimum absolute atomic E-state index is 0.0986. The van der Waals surface area contributed by atoms with Gasteiger partial charge in [0.2, 0.25) is 5.78 Å². The Kier molecular flexibility index (Phi) is 6.53. The molecule has 3 aliphatic rings.